The molecule has 2 unspecified atom stereocenters. The molecule has 106 valence electrons. The van der Waals surface area contributed by atoms with Gasteiger partial charge in [0, 0.05) is 16.7 Å². The van der Waals surface area contributed by atoms with E-state index in [-0.39, 0.29) is 6.04 Å². The maximum Gasteiger partial charge on any atom is 0.0705 e. The third kappa shape index (κ3) is 2.54. The van der Waals surface area contributed by atoms with Gasteiger partial charge in [-0.2, -0.15) is 5.10 Å². The van der Waals surface area contributed by atoms with Crippen LogP contribution in [0.5, 0.6) is 0 Å². The van der Waals surface area contributed by atoms with E-state index in [0.29, 0.717) is 5.25 Å². The lowest BCUT2D eigenvalue weighted by atomic mass is 10.0. The average Bonchev–Trinajstić information content (AvgIpc) is 3.02. The van der Waals surface area contributed by atoms with Crippen molar-refractivity contribution in [3.8, 4) is 0 Å². The highest BCUT2D eigenvalue weighted by Gasteiger charge is 2.31. The largest absolute Gasteiger partial charge is 0.322 e. The zero-order valence-electron chi connectivity index (χ0n) is 11.4. The number of hydrogen-bond donors (Lipinski definition) is 1. The van der Waals surface area contributed by atoms with Crippen LogP contribution in [0.2, 0.25) is 0 Å². The molecule has 2 N–H and O–H groups in total. The predicted molar refractivity (Wildman–Crippen MR) is 86.9 cm³/mol. The van der Waals surface area contributed by atoms with Crippen LogP contribution in [0.3, 0.4) is 0 Å². The van der Waals surface area contributed by atoms with Crippen LogP contribution in [0.1, 0.15) is 30.6 Å². The number of thioether (sulfide) groups is 1. The number of aryl methyl sites for hydroxylation is 1. The van der Waals surface area contributed by atoms with E-state index in [4.69, 9.17) is 5.73 Å². The van der Waals surface area contributed by atoms with E-state index in [1.807, 2.05) is 22.6 Å². The minimum Gasteiger partial charge on any atom is -0.322 e. The zero-order valence-corrected chi connectivity index (χ0v) is 13.8. The first kappa shape index (κ1) is 14.2. The van der Waals surface area contributed by atoms with Gasteiger partial charge >= 0.3 is 0 Å². The number of aromatic nitrogens is 2. The van der Waals surface area contributed by atoms with Gasteiger partial charge in [0.1, 0.15) is 0 Å². The molecule has 1 aliphatic heterocycles. The van der Waals surface area contributed by atoms with Gasteiger partial charge in [-0.15, -0.1) is 11.8 Å². The number of benzene rings is 1. The van der Waals surface area contributed by atoms with Crippen LogP contribution < -0.4 is 5.73 Å². The maximum absolute atomic E-state index is 6.54. The smallest absolute Gasteiger partial charge is 0.0705 e. The van der Waals surface area contributed by atoms with Gasteiger partial charge in [-0.1, -0.05) is 25.1 Å². The van der Waals surface area contributed by atoms with Crippen molar-refractivity contribution in [2.24, 2.45) is 5.73 Å². The molecular weight excluding hydrogens is 334 g/mol. The fraction of sp³-hybridized carbons (Fsp3) is 0.400. The summed E-state index contributed by atoms with van der Waals surface area (Å²) in [6.07, 6.45) is 3.95. The van der Waals surface area contributed by atoms with Crippen molar-refractivity contribution in [3.05, 3.63) is 46.2 Å². The molecule has 20 heavy (non-hydrogen) atoms. The van der Waals surface area contributed by atoms with Crippen LogP contribution in [0, 0.1) is 0 Å². The number of halogens is 1. The van der Waals surface area contributed by atoms with Crippen molar-refractivity contribution in [2.75, 3.05) is 0 Å². The van der Waals surface area contributed by atoms with E-state index in [0.717, 1.165) is 29.6 Å². The number of hydrogen-bond acceptors (Lipinski definition) is 3. The first-order valence-electron chi connectivity index (χ1n) is 6.92. The van der Waals surface area contributed by atoms with Gasteiger partial charge in [-0.3, -0.25) is 4.68 Å². The molecule has 0 amide bonds. The van der Waals surface area contributed by atoms with Crippen molar-refractivity contribution < 1.29 is 0 Å². The molecule has 0 aliphatic carbocycles. The average molecular weight is 352 g/mol. The first-order chi connectivity index (χ1) is 9.70. The molecule has 5 heteroatoms. The van der Waals surface area contributed by atoms with Gasteiger partial charge in [0.15, 0.2) is 0 Å². The number of nitrogens with zero attached hydrogens (tertiary/aromatic N) is 2. The topological polar surface area (TPSA) is 43.8 Å². The van der Waals surface area contributed by atoms with Crippen LogP contribution in [0.25, 0.3) is 0 Å². The van der Waals surface area contributed by atoms with Crippen LogP contribution in [-0.4, -0.2) is 15.0 Å². The Morgan fingerprint density at radius 2 is 2.30 bits per heavy atom. The molecule has 2 aromatic rings. The second kappa shape index (κ2) is 5.92. The summed E-state index contributed by atoms with van der Waals surface area (Å²) in [6, 6.07) is 8.58. The van der Waals surface area contributed by atoms with Crippen LogP contribution in [-0.2, 0) is 13.0 Å². The van der Waals surface area contributed by atoms with Gasteiger partial charge in [0.25, 0.3) is 0 Å². The fourth-order valence-corrected chi connectivity index (χ4v) is 4.56. The lowest BCUT2D eigenvalue weighted by Crippen LogP contribution is -2.26. The Morgan fingerprint density at radius 3 is 3.05 bits per heavy atom. The molecule has 0 radical (unpaired) electrons. The van der Waals surface area contributed by atoms with E-state index in [1.165, 1.54) is 10.5 Å². The van der Waals surface area contributed by atoms with Gasteiger partial charge in [-0.05, 0) is 40.4 Å². The van der Waals surface area contributed by atoms with Crippen molar-refractivity contribution in [1.82, 2.24) is 9.78 Å². The number of fused-ring (bicyclic) bond motifs is 1. The summed E-state index contributed by atoms with van der Waals surface area (Å²) in [5.74, 6) is 0. The molecule has 0 spiro atoms. The van der Waals surface area contributed by atoms with Gasteiger partial charge in [0.2, 0.25) is 0 Å². The number of nitrogens with two attached hydrogens (primary N) is 1. The Morgan fingerprint density at radius 1 is 1.50 bits per heavy atom. The molecule has 1 aromatic heterocycles. The molecular formula is C15H18BrN3S. The molecule has 0 saturated heterocycles. The summed E-state index contributed by atoms with van der Waals surface area (Å²) >= 11 is 5.49. The lowest BCUT2D eigenvalue weighted by molar-refractivity contribution is 0.529. The van der Waals surface area contributed by atoms with Gasteiger partial charge in [0.05, 0.1) is 22.4 Å². The normalized spacial score (nSPS) is 19.1. The standard InChI is InChI=1S/C15H18BrN3S/c1-2-7-19-15(11(16)9-18-19)14(17)13-8-10-5-3-4-6-12(10)20-13/h3-6,9,13-14H,2,7-8,17H2,1H3. The van der Waals surface area contributed by atoms with E-state index in [2.05, 4.69) is 52.2 Å². The molecule has 1 aliphatic rings. The zero-order chi connectivity index (χ0) is 14.1. The summed E-state index contributed by atoms with van der Waals surface area (Å²) in [4.78, 5) is 1.37. The van der Waals surface area contributed by atoms with Crippen molar-refractivity contribution in [1.29, 1.82) is 0 Å². The third-order valence-electron chi connectivity index (χ3n) is 3.66. The molecule has 2 atom stereocenters. The Kier molecular flexibility index (Phi) is 4.19. The summed E-state index contributed by atoms with van der Waals surface area (Å²) in [6.45, 7) is 3.07. The Bertz CT molecular complexity index is 586. The highest BCUT2D eigenvalue weighted by Crippen LogP contribution is 2.42. The quantitative estimate of drug-likeness (QED) is 0.911. The van der Waals surface area contributed by atoms with Crippen LogP contribution in [0.15, 0.2) is 39.8 Å². The molecule has 2 heterocycles. The molecule has 3 nitrogen and oxygen atoms in total. The lowest BCUT2D eigenvalue weighted by Gasteiger charge is -2.20. The molecule has 3 rings (SSSR count). The highest BCUT2D eigenvalue weighted by atomic mass is 79.9. The molecule has 1 aromatic carbocycles. The van der Waals surface area contributed by atoms with Crippen LogP contribution in [0.4, 0.5) is 0 Å². The maximum atomic E-state index is 6.54. The molecule has 0 fully saturated rings. The SMILES string of the molecule is CCCn1ncc(Br)c1C(N)C1Cc2ccccc2S1. The van der Waals surface area contributed by atoms with E-state index < -0.39 is 0 Å². The summed E-state index contributed by atoms with van der Waals surface area (Å²) < 4.78 is 3.06. The van der Waals surface area contributed by atoms with E-state index in [1.54, 1.807) is 0 Å². The van der Waals surface area contributed by atoms with Gasteiger partial charge < -0.3 is 5.73 Å². The second-order valence-electron chi connectivity index (χ2n) is 5.09. The second-order valence-corrected chi connectivity index (χ2v) is 7.23. The first-order valence-corrected chi connectivity index (χ1v) is 8.59. The van der Waals surface area contributed by atoms with E-state index in [9.17, 15) is 0 Å². The summed E-state index contributed by atoms with van der Waals surface area (Å²) in [7, 11) is 0. The highest BCUT2D eigenvalue weighted by molar-refractivity contribution is 9.10. The Hall–Kier alpha value is -0.780. The van der Waals surface area contributed by atoms with E-state index >= 15 is 0 Å². The third-order valence-corrected chi connectivity index (χ3v) is 5.68. The van der Waals surface area contributed by atoms with Crippen molar-refractivity contribution in [2.45, 2.75) is 42.5 Å². The fourth-order valence-electron chi connectivity index (χ4n) is 2.68. The van der Waals surface area contributed by atoms with Crippen molar-refractivity contribution >= 4 is 27.7 Å². The Labute approximate surface area is 132 Å². The van der Waals surface area contributed by atoms with Crippen molar-refractivity contribution in [3.63, 3.8) is 0 Å². The minimum atomic E-state index is -0.00387. The summed E-state index contributed by atoms with van der Waals surface area (Å²) in [5.41, 5.74) is 9.08. The molecule has 0 bridgehead atoms. The van der Waals surface area contributed by atoms with Crippen LogP contribution >= 0.6 is 27.7 Å². The van der Waals surface area contributed by atoms with Gasteiger partial charge in [-0.25, -0.2) is 0 Å². The summed E-state index contributed by atoms with van der Waals surface area (Å²) in [5, 5.41) is 4.81. The number of rotatable bonds is 4. The predicted octanol–water partition coefficient (Wildman–Crippen LogP) is 3.77. The Balaban J connectivity index is 1.84. The molecule has 0 saturated carbocycles. The monoisotopic (exact) mass is 351 g/mol. The minimum absolute atomic E-state index is 0.00387.